The Morgan fingerprint density at radius 1 is 1.21 bits per heavy atom. The van der Waals surface area contributed by atoms with Crippen LogP contribution < -0.4 is 5.32 Å². The Bertz CT molecular complexity index is 468. The van der Waals surface area contributed by atoms with Gasteiger partial charge in [0.15, 0.2) is 5.82 Å². The molecule has 0 bridgehead atoms. The van der Waals surface area contributed by atoms with Crippen molar-refractivity contribution < 1.29 is 4.74 Å². The second-order valence-corrected chi connectivity index (χ2v) is 6.21. The Kier molecular flexibility index (Phi) is 2.76. The van der Waals surface area contributed by atoms with Crippen molar-refractivity contribution in [2.24, 2.45) is 0 Å². The van der Waals surface area contributed by atoms with Gasteiger partial charge in [-0.1, -0.05) is 6.42 Å². The molecule has 3 unspecified atom stereocenters. The van der Waals surface area contributed by atoms with Crippen molar-refractivity contribution in [1.82, 2.24) is 14.8 Å². The first-order valence-corrected chi connectivity index (χ1v) is 7.67. The molecule has 1 saturated carbocycles. The molecular weight excluding hydrogens is 240 g/mol. The Morgan fingerprint density at radius 3 is 2.79 bits per heavy atom. The zero-order chi connectivity index (χ0) is 12.8. The molecule has 3 aliphatic rings. The maximum absolute atomic E-state index is 6.05. The highest BCUT2D eigenvalue weighted by atomic mass is 16.5. The zero-order valence-electron chi connectivity index (χ0n) is 11.5. The molecule has 1 aliphatic carbocycles. The van der Waals surface area contributed by atoms with Gasteiger partial charge in [0.05, 0.1) is 18.2 Å². The van der Waals surface area contributed by atoms with Crippen LogP contribution in [0.1, 0.15) is 63.2 Å². The van der Waals surface area contributed by atoms with E-state index in [4.69, 9.17) is 14.8 Å². The van der Waals surface area contributed by atoms with Gasteiger partial charge in [-0.05, 0) is 39.0 Å². The molecule has 1 saturated heterocycles. The summed E-state index contributed by atoms with van der Waals surface area (Å²) in [6.07, 6.45) is 7.99. The van der Waals surface area contributed by atoms with E-state index in [1.165, 1.54) is 25.7 Å². The molecule has 0 radical (unpaired) electrons. The van der Waals surface area contributed by atoms with Gasteiger partial charge in [-0.25, -0.2) is 4.68 Å². The maximum Gasteiger partial charge on any atom is 0.221 e. The molecule has 3 atom stereocenters. The van der Waals surface area contributed by atoms with Crippen molar-refractivity contribution in [3.8, 4) is 0 Å². The number of anilines is 1. The van der Waals surface area contributed by atoms with Gasteiger partial charge in [0.25, 0.3) is 0 Å². The zero-order valence-corrected chi connectivity index (χ0v) is 11.5. The molecule has 19 heavy (non-hydrogen) atoms. The summed E-state index contributed by atoms with van der Waals surface area (Å²) in [6.45, 7) is 3.16. The fourth-order valence-corrected chi connectivity index (χ4v) is 3.45. The van der Waals surface area contributed by atoms with Crippen LogP contribution in [-0.2, 0) is 4.74 Å². The van der Waals surface area contributed by atoms with Crippen molar-refractivity contribution in [2.75, 3.05) is 11.9 Å². The van der Waals surface area contributed by atoms with Gasteiger partial charge < -0.3 is 10.1 Å². The van der Waals surface area contributed by atoms with Crippen LogP contribution in [0.5, 0.6) is 0 Å². The molecular formula is C14H22N4O. The fraction of sp³-hybridized carbons (Fsp3) is 0.857. The monoisotopic (exact) mass is 262 g/mol. The summed E-state index contributed by atoms with van der Waals surface area (Å²) < 4.78 is 8.16. The Labute approximate surface area is 113 Å². The Balaban J connectivity index is 1.60. The van der Waals surface area contributed by atoms with Gasteiger partial charge >= 0.3 is 0 Å². The van der Waals surface area contributed by atoms with Crippen LogP contribution in [0.25, 0.3) is 0 Å². The Morgan fingerprint density at radius 2 is 2.11 bits per heavy atom. The number of nitrogens with one attached hydrogen (secondary N) is 1. The molecule has 3 heterocycles. The summed E-state index contributed by atoms with van der Waals surface area (Å²) in [5.41, 5.74) is 0. The second kappa shape index (κ2) is 4.47. The molecule has 2 aliphatic heterocycles. The van der Waals surface area contributed by atoms with E-state index in [-0.39, 0.29) is 0 Å². The van der Waals surface area contributed by atoms with Gasteiger partial charge in [0, 0.05) is 12.5 Å². The maximum atomic E-state index is 6.05. The first-order valence-electron chi connectivity index (χ1n) is 7.67. The van der Waals surface area contributed by atoms with Crippen LogP contribution in [0.3, 0.4) is 0 Å². The lowest BCUT2D eigenvalue weighted by Crippen LogP contribution is -2.32. The van der Waals surface area contributed by atoms with Crippen LogP contribution in [0.2, 0.25) is 0 Å². The van der Waals surface area contributed by atoms with Crippen LogP contribution in [-0.4, -0.2) is 33.5 Å². The van der Waals surface area contributed by atoms with E-state index >= 15 is 0 Å². The van der Waals surface area contributed by atoms with Crippen molar-refractivity contribution >= 4 is 5.95 Å². The van der Waals surface area contributed by atoms with Gasteiger partial charge in [-0.2, -0.15) is 10.1 Å². The smallest absolute Gasteiger partial charge is 0.221 e. The fourth-order valence-electron chi connectivity index (χ4n) is 3.45. The molecule has 5 nitrogen and oxygen atoms in total. The summed E-state index contributed by atoms with van der Waals surface area (Å²) >= 11 is 0. The van der Waals surface area contributed by atoms with E-state index in [1.54, 1.807) is 0 Å². The first-order chi connectivity index (χ1) is 9.31. The molecule has 104 valence electrons. The lowest BCUT2D eigenvalue weighted by atomic mass is 9.85. The van der Waals surface area contributed by atoms with E-state index in [9.17, 15) is 0 Å². The number of hydrogen-bond donors (Lipinski definition) is 1. The van der Waals surface area contributed by atoms with E-state index in [2.05, 4.69) is 16.9 Å². The number of rotatable bonds is 2. The number of hydrogen-bond acceptors (Lipinski definition) is 4. The topological polar surface area (TPSA) is 52.0 Å². The van der Waals surface area contributed by atoms with Crippen molar-refractivity contribution in [2.45, 2.75) is 69.6 Å². The highest BCUT2D eigenvalue weighted by molar-refractivity contribution is 5.29. The summed E-state index contributed by atoms with van der Waals surface area (Å²) in [6, 6.07) is 0.377. The highest BCUT2D eigenvalue weighted by Gasteiger charge is 2.36. The third kappa shape index (κ3) is 1.95. The second-order valence-electron chi connectivity index (χ2n) is 6.21. The normalized spacial score (nSPS) is 34.7. The van der Waals surface area contributed by atoms with Gasteiger partial charge in [0.2, 0.25) is 5.95 Å². The minimum absolute atomic E-state index is 0.326. The highest BCUT2D eigenvalue weighted by Crippen LogP contribution is 2.38. The summed E-state index contributed by atoms with van der Waals surface area (Å²) in [7, 11) is 0. The van der Waals surface area contributed by atoms with Crippen molar-refractivity contribution in [3.63, 3.8) is 0 Å². The number of aromatic nitrogens is 3. The van der Waals surface area contributed by atoms with E-state index in [0.29, 0.717) is 24.2 Å². The minimum Gasteiger partial charge on any atom is -0.373 e. The van der Waals surface area contributed by atoms with E-state index in [1.807, 2.05) is 0 Å². The average Bonchev–Trinajstić information content (AvgIpc) is 2.92. The minimum atomic E-state index is 0.326. The molecule has 1 N–H and O–H groups in total. The van der Waals surface area contributed by atoms with Gasteiger partial charge in [0.1, 0.15) is 0 Å². The number of fused-ring (bicyclic) bond motifs is 1. The van der Waals surface area contributed by atoms with Crippen LogP contribution in [0.15, 0.2) is 0 Å². The Hall–Kier alpha value is -1.10. The third-order valence-electron chi connectivity index (χ3n) is 4.85. The standard InChI is InChI=1S/C14H22N4O/c1-9-5-6-12(19-9)11-7-8-15-14-16-13(17-18(11)14)10-3-2-4-10/h9-12H,2-8H2,1H3,(H,15,16,17). The number of ether oxygens (including phenoxy) is 1. The predicted octanol–water partition coefficient (Wildman–Crippen LogP) is 2.47. The van der Waals surface area contributed by atoms with E-state index < -0.39 is 0 Å². The average molecular weight is 262 g/mol. The first kappa shape index (κ1) is 11.7. The van der Waals surface area contributed by atoms with Crippen LogP contribution >= 0.6 is 0 Å². The van der Waals surface area contributed by atoms with Crippen LogP contribution in [0, 0.1) is 0 Å². The third-order valence-corrected chi connectivity index (χ3v) is 4.85. The molecule has 4 rings (SSSR count). The summed E-state index contributed by atoms with van der Waals surface area (Å²) in [4.78, 5) is 4.70. The lowest BCUT2D eigenvalue weighted by molar-refractivity contribution is 0.0171. The molecule has 1 aromatic rings. The summed E-state index contributed by atoms with van der Waals surface area (Å²) in [5, 5.41) is 8.17. The largest absolute Gasteiger partial charge is 0.373 e. The molecule has 0 spiro atoms. The molecule has 0 amide bonds. The van der Waals surface area contributed by atoms with E-state index in [0.717, 1.165) is 31.2 Å². The molecule has 0 aromatic carbocycles. The lowest BCUT2D eigenvalue weighted by Gasteiger charge is -2.29. The van der Waals surface area contributed by atoms with Crippen molar-refractivity contribution in [1.29, 1.82) is 0 Å². The van der Waals surface area contributed by atoms with Gasteiger partial charge in [-0.3, -0.25) is 0 Å². The van der Waals surface area contributed by atoms with Gasteiger partial charge in [-0.15, -0.1) is 0 Å². The number of nitrogens with zero attached hydrogens (tertiary/aromatic N) is 3. The van der Waals surface area contributed by atoms with Crippen LogP contribution in [0.4, 0.5) is 5.95 Å². The van der Waals surface area contributed by atoms with Crippen molar-refractivity contribution in [3.05, 3.63) is 5.82 Å². The summed E-state index contributed by atoms with van der Waals surface area (Å²) in [5.74, 6) is 2.61. The predicted molar refractivity (Wildman–Crippen MR) is 72.3 cm³/mol. The molecule has 2 fully saturated rings. The molecule has 5 heteroatoms. The molecule has 1 aromatic heterocycles. The quantitative estimate of drug-likeness (QED) is 0.889. The SMILES string of the molecule is CC1CCC(C2CCNc3nc(C4CCC4)nn32)O1.